The summed E-state index contributed by atoms with van der Waals surface area (Å²) in [5.41, 5.74) is 2.87. The van der Waals surface area contributed by atoms with Crippen LogP contribution >= 0.6 is 0 Å². The fourth-order valence-corrected chi connectivity index (χ4v) is 2.07. The second kappa shape index (κ2) is 7.04. The fourth-order valence-electron chi connectivity index (χ4n) is 2.07. The van der Waals surface area contributed by atoms with Crippen LogP contribution in [0.2, 0.25) is 0 Å². The Bertz CT molecular complexity index is 636. The van der Waals surface area contributed by atoms with Gasteiger partial charge in [0.2, 0.25) is 0 Å². The summed E-state index contributed by atoms with van der Waals surface area (Å²) in [5, 5.41) is 15.9. The van der Waals surface area contributed by atoms with Crippen molar-refractivity contribution in [2.24, 2.45) is 0 Å². The minimum atomic E-state index is -0.225. The Morgan fingerprint density at radius 2 is 2.18 bits per heavy atom. The first-order chi connectivity index (χ1) is 10.5. The molecule has 0 spiro atoms. The molecule has 7 nitrogen and oxygen atoms in total. The number of nitrogens with zero attached hydrogens (tertiary/aromatic N) is 4. The van der Waals surface area contributed by atoms with E-state index in [-0.39, 0.29) is 12.6 Å². The van der Waals surface area contributed by atoms with Gasteiger partial charge in [0.25, 0.3) is 0 Å². The largest absolute Gasteiger partial charge is 0.395 e. The third-order valence-corrected chi connectivity index (χ3v) is 3.26. The van der Waals surface area contributed by atoms with E-state index in [0.29, 0.717) is 13.1 Å². The van der Waals surface area contributed by atoms with Crippen molar-refractivity contribution in [3.8, 4) is 5.82 Å². The summed E-state index contributed by atoms with van der Waals surface area (Å²) in [6.45, 7) is 4.56. The Morgan fingerprint density at radius 1 is 1.41 bits per heavy atom. The molecule has 2 rings (SSSR count). The molecule has 2 N–H and O–H groups in total. The Labute approximate surface area is 129 Å². The van der Waals surface area contributed by atoms with Gasteiger partial charge in [0, 0.05) is 32.0 Å². The van der Waals surface area contributed by atoms with Crippen LogP contribution in [-0.4, -0.2) is 51.0 Å². The molecule has 7 heteroatoms. The number of aliphatic hydroxyl groups is 1. The normalized spacial score (nSPS) is 10.5. The average molecular weight is 303 g/mol. The number of rotatable bonds is 5. The zero-order chi connectivity index (χ0) is 16.1. The molecule has 0 aliphatic heterocycles. The van der Waals surface area contributed by atoms with Crippen molar-refractivity contribution in [3.05, 3.63) is 41.3 Å². The second-order valence-corrected chi connectivity index (χ2v) is 5.17. The van der Waals surface area contributed by atoms with Crippen molar-refractivity contribution in [1.29, 1.82) is 0 Å². The molecule has 0 unspecified atom stereocenters. The Morgan fingerprint density at radius 3 is 2.73 bits per heavy atom. The maximum atomic E-state index is 11.7. The van der Waals surface area contributed by atoms with Gasteiger partial charge in [-0.1, -0.05) is 6.07 Å². The van der Waals surface area contributed by atoms with Gasteiger partial charge in [-0.05, 0) is 31.5 Å². The van der Waals surface area contributed by atoms with Crippen LogP contribution in [0.5, 0.6) is 0 Å². The van der Waals surface area contributed by atoms with E-state index in [1.165, 1.54) is 4.90 Å². The number of hydrogen-bond donors (Lipinski definition) is 2. The summed E-state index contributed by atoms with van der Waals surface area (Å²) in [4.78, 5) is 17.5. The summed E-state index contributed by atoms with van der Waals surface area (Å²) < 4.78 is 1.78. The van der Waals surface area contributed by atoms with E-state index in [2.05, 4.69) is 15.4 Å². The summed E-state index contributed by atoms with van der Waals surface area (Å²) in [6, 6.07) is 5.55. The molecule has 118 valence electrons. The molecule has 0 aliphatic rings. The molecule has 0 atom stereocenters. The smallest absolute Gasteiger partial charge is 0.317 e. The first kappa shape index (κ1) is 16.0. The highest BCUT2D eigenvalue weighted by Crippen LogP contribution is 2.10. The van der Waals surface area contributed by atoms with Gasteiger partial charge in [0.1, 0.15) is 0 Å². The SMILES string of the molecule is Cc1cc(C)n(-c2ccc(CNC(=O)N(C)CCO)cn2)n1. The number of hydrogen-bond acceptors (Lipinski definition) is 4. The zero-order valence-corrected chi connectivity index (χ0v) is 13.1. The molecule has 2 aromatic rings. The number of aryl methyl sites for hydroxylation is 2. The number of likely N-dealkylation sites (N-methyl/N-ethyl adjacent to an activating group) is 1. The summed E-state index contributed by atoms with van der Waals surface area (Å²) >= 11 is 0. The third kappa shape index (κ3) is 3.82. The van der Waals surface area contributed by atoms with Gasteiger partial charge in [-0.3, -0.25) is 0 Å². The molecular formula is C15H21N5O2. The number of nitrogens with one attached hydrogen (secondary N) is 1. The minimum Gasteiger partial charge on any atom is -0.395 e. The molecule has 0 bridgehead atoms. The van der Waals surface area contributed by atoms with E-state index < -0.39 is 0 Å². The van der Waals surface area contributed by atoms with E-state index >= 15 is 0 Å². The highest BCUT2D eigenvalue weighted by atomic mass is 16.3. The molecular weight excluding hydrogens is 282 g/mol. The average Bonchev–Trinajstić information content (AvgIpc) is 2.84. The molecule has 0 aromatic carbocycles. The standard InChI is InChI=1S/C15H21N5O2/c1-11-8-12(2)20(18-11)14-5-4-13(9-16-14)10-17-15(22)19(3)6-7-21/h4-5,8-9,21H,6-7,10H2,1-3H3,(H,17,22). The van der Waals surface area contributed by atoms with Crippen molar-refractivity contribution in [3.63, 3.8) is 0 Å². The minimum absolute atomic E-state index is 0.0528. The molecule has 0 saturated carbocycles. The highest BCUT2D eigenvalue weighted by molar-refractivity contribution is 5.73. The third-order valence-electron chi connectivity index (χ3n) is 3.26. The topological polar surface area (TPSA) is 83.3 Å². The Hall–Kier alpha value is -2.41. The van der Waals surface area contributed by atoms with Gasteiger partial charge in [0.15, 0.2) is 5.82 Å². The number of amides is 2. The van der Waals surface area contributed by atoms with Crippen LogP contribution < -0.4 is 5.32 Å². The maximum absolute atomic E-state index is 11.7. The fraction of sp³-hybridized carbons (Fsp3) is 0.400. The van der Waals surface area contributed by atoms with Crippen LogP contribution in [0, 0.1) is 13.8 Å². The van der Waals surface area contributed by atoms with E-state index in [1.807, 2.05) is 32.0 Å². The molecule has 0 radical (unpaired) electrons. The van der Waals surface area contributed by atoms with E-state index in [9.17, 15) is 4.79 Å². The van der Waals surface area contributed by atoms with Crippen LogP contribution in [0.15, 0.2) is 24.4 Å². The van der Waals surface area contributed by atoms with Crippen LogP contribution in [0.4, 0.5) is 4.79 Å². The monoisotopic (exact) mass is 303 g/mol. The lowest BCUT2D eigenvalue weighted by molar-refractivity contribution is 0.190. The molecule has 2 aromatic heterocycles. The van der Waals surface area contributed by atoms with Gasteiger partial charge in [-0.2, -0.15) is 5.10 Å². The molecule has 0 saturated heterocycles. The number of urea groups is 1. The van der Waals surface area contributed by atoms with Crippen molar-refractivity contribution in [1.82, 2.24) is 25.0 Å². The Balaban J connectivity index is 1.98. The molecule has 0 fully saturated rings. The lowest BCUT2D eigenvalue weighted by Crippen LogP contribution is -2.38. The van der Waals surface area contributed by atoms with Gasteiger partial charge in [-0.15, -0.1) is 0 Å². The summed E-state index contributed by atoms with van der Waals surface area (Å²) in [6.07, 6.45) is 1.72. The number of aliphatic hydroxyl groups excluding tert-OH is 1. The maximum Gasteiger partial charge on any atom is 0.317 e. The predicted molar refractivity (Wildman–Crippen MR) is 82.8 cm³/mol. The van der Waals surface area contributed by atoms with Gasteiger partial charge in [0.05, 0.1) is 12.3 Å². The molecule has 2 amide bonds. The molecule has 0 aliphatic carbocycles. The van der Waals surface area contributed by atoms with Gasteiger partial charge < -0.3 is 15.3 Å². The van der Waals surface area contributed by atoms with E-state index in [1.54, 1.807) is 17.9 Å². The second-order valence-electron chi connectivity index (χ2n) is 5.17. The number of pyridine rings is 1. The summed E-state index contributed by atoms with van der Waals surface area (Å²) in [5.74, 6) is 0.748. The lowest BCUT2D eigenvalue weighted by atomic mass is 10.3. The van der Waals surface area contributed by atoms with Crippen molar-refractivity contribution >= 4 is 6.03 Å². The first-order valence-electron chi connectivity index (χ1n) is 7.09. The van der Waals surface area contributed by atoms with Crippen molar-refractivity contribution < 1.29 is 9.90 Å². The van der Waals surface area contributed by atoms with Gasteiger partial charge >= 0.3 is 6.03 Å². The van der Waals surface area contributed by atoms with Crippen LogP contribution in [-0.2, 0) is 6.54 Å². The van der Waals surface area contributed by atoms with Crippen LogP contribution in [0.25, 0.3) is 5.82 Å². The zero-order valence-electron chi connectivity index (χ0n) is 13.1. The van der Waals surface area contributed by atoms with Crippen molar-refractivity contribution in [2.45, 2.75) is 20.4 Å². The molecule has 22 heavy (non-hydrogen) atoms. The predicted octanol–water partition coefficient (Wildman–Crippen LogP) is 1.02. The Kier molecular flexibility index (Phi) is 5.11. The molecule has 2 heterocycles. The van der Waals surface area contributed by atoms with E-state index in [4.69, 9.17) is 5.11 Å². The van der Waals surface area contributed by atoms with Crippen LogP contribution in [0.1, 0.15) is 17.0 Å². The number of carbonyl (C=O) groups is 1. The highest BCUT2D eigenvalue weighted by Gasteiger charge is 2.08. The summed E-state index contributed by atoms with van der Waals surface area (Å²) in [7, 11) is 1.63. The number of aromatic nitrogens is 3. The van der Waals surface area contributed by atoms with Crippen LogP contribution in [0.3, 0.4) is 0 Å². The lowest BCUT2D eigenvalue weighted by Gasteiger charge is -2.16. The van der Waals surface area contributed by atoms with Gasteiger partial charge in [-0.25, -0.2) is 14.5 Å². The first-order valence-corrected chi connectivity index (χ1v) is 7.09. The number of carbonyl (C=O) groups excluding carboxylic acids is 1. The quantitative estimate of drug-likeness (QED) is 0.864. The van der Waals surface area contributed by atoms with E-state index in [0.717, 1.165) is 22.8 Å². The van der Waals surface area contributed by atoms with Crippen molar-refractivity contribution in [2.75, 3.05) is 20.2 Å².